The molecule has 1 unspecified atom stereocenters. The van der Waals surface area contributed by atoms with E-state index in [1.807, 2.05) is 12.1 Å². The molecule has 0 saturated heterocycles. The number of nitrogens with zero attached hydrogens (tertiary/aromatic N) is 2. The molecule has 1 atom stereocenters. The largest absolute Gasteiger partial charge is 0.488 e. The van der Waals surface area contributed by atoms with Gasteiger partial charge in [0.05, 0.1) is 13.1 Å². The van der Waals surface area contributed by atoms with Crippen LogP contribution in [0.5, 0.6) is 5.75 Å². The Morgan fingerprint density at radius 3 is 2.61 bits per heavy atom. The molecule has 28 heavy (non-hydrogen) atoms. The molecule has 5 nitrogen and oxygen atoms in total. The highest BCUT2D eigenvalue weighted by molar-refractivity contribution is 5.79. The topological polar surface area (TPSA) is 48.9 Å². The normalized spacial score (nSPS) is 18.1. The van der Waals surface area contributed by atoms with Crippen LogP contribution in [0.15, 0.2) is 65.7 Å². The number of rotatable bonds is 6. The second-order valence-electron chi connectivity index (χ2n) is 7.17. The molecule has 0 aliphatic carbocycles. The lowest BCUT2D eigenvalue weighted by Gasteiger charge is -2.18. The number of benzene rings is 2. The third-order valence-electron chi connectivity index (χ3n) is 5.09. The van der Waals surface area contributed by atoms with Crippen LogP contribution >= 0.6 is 0 Å². The van der Waals surface area contributed by atoms with Gasteiger partial charge in [0.25, 0.3) is 0 Å². The van der Waals surface area contributed by atoms with E-state index >= 15 is 0 Å². The zero-order valence-electron chi connectivity index (χ0n) is 16.4. The Bertz CT molecular complexity index is 811. The maximum absolute atomic E-state index is 6.01. The Labute approximate surface area is 167 Å². The van der Waals surface area contributed by atoms with Crippen molar-refractivity contribution in [2.75, 3.05) is 31.1 Å². The summed E-state index contributed by atoms with van der Waals surface area (Å²) in [7, 11) is 0. The lowest BCUT2D eigenvalue weighted by Crippen LogP contribution is -2.42. The highest BCUT2D eigenvalue weighted by Crippen LogP contribution is 2.27. The molecule has 2 aliphatic rings. The molecule has 2 N–H and O–H groups in total. The molecular weight excluding hydrogens is 348 g/mol. The number of fused-ring (bicyclic) bond motifs is 1. The molecular formula is C23H28N4O. The molecule has 2 aliphatic heterocycles. The van der Waals surface area contributed by atoms with Crippen molar-refractivity contribution in [3.8, 4) is 5.75 Å². The van der Waals surface area contributed by atoms with Gasteiger partial charge in [0.15, 0.2) is 5.96 Å². The van der Waals surface area contributed by atoms with Crippen molar-refractivity contribution in [1.29, 1.82) is 0 Å². The SMILES string of the molecule is CCNC(=NCc1ccc(N2CC=CC2)cc1)NCC1Cc2ccccc2O1. The summed E-state index contributed by atoms with van der Waals surface area (Å²) < 4.78 is 6.01. The van der Waals surface area contributed by atoms with Crippen molar-refractivity contribution in [1.82, 2.24) is 10.6 Å². The number of hydrogen-bond donors (Lipinski definition) is 2. The van der Waals surface area contributed by atoms with Crippen LogP contribution in [-0.4, -0.2) is 38.2 Å². The van der Waals surface area contributed by atoms with Gasteiger partial charge in [-0.2, -0.15) is 0 Å². The fourth-order valence-electron chi connectivity index (χ4n) is 3.59. The van der Waals surface area contributed by atoms with Crippen molar-refractivity contribution in [2.45, 2.75) is 26.0 Å². The number of anilines is 1. The Morgan fingerprint density at radius 1 is 1.07 bits per heavy atom. The first-order valence-electron chi connectivity index (χ1n) is 10.1. The number of ether oxygens (including phenoxy) is 1. The number of para-hydroxylation sites is 1. The third-order valence-corrected chi connectivity index (χ3v) is 5.09. The van der Waals surface area contributed by atoms with Gasteiger partial charge in [0.2, 0.25) is 0 Å². The first-order chi connectivity index (χ1) is 13.8. The minimum absolute atomic E-state index is 0.148. The molecule has 2 aromatic carbocycles. The maximum atomic E-state index is 6.01. The van der Waals surface area contributed by atoms with E-state index in [1.54, 1.807) is 0 Å². The summed E-state index contributed by atoms with van der Waals surface area (Å²) in [6, 6.07) is 17.0. The van der Waals surface area contributed by atoms with E-state index < -0.39 is 0 Å². The Hall–Kier alpha value is -2.95. The standard InChI is InChI=1S/C23H28N4O/c1-2-24-23(26-17-21-15-19-7-3-4-8-22(19)28-21)25-16-18-9-11-20(12-10-18)27-13-5-6-14-27/h3-12,21H,2,13-17H2,1H3,(H2,24,25,26). The molecule has 0 aromatic heterocycles. The van der Waals surface area contributed by atoms with Gasteiger partial charge >= 0.3 is 0 Å². The zero-order chi connectivity index (χ0) is 19.2. The smallest absolute Gasteiger partial charge is 0.191 e. The van der Waals surface area contributed by atoms with Gasteiger partial charge in [0.1, 0.15) is 11.9 Å². The van der Waals surface area contributed by atoms with Gasteiger partial charge in [-0.1, -0.05) is 42.5 Å². The molecule has 0 saturated carbocycles. The molecule has 0 amide bonds. The maximum Gasteiger partial charge on any atom is 0.191 e. The Kier molecular flexibility index (Phi) is 5.80. The van der Waals surface area contributed by atoms with Crippen LogP contribution in [0.2, 0.25) is 0 Å². The van der Waals surface area contributed by atoms with Crippen LogP contribution in [-0.2, 0) is 13.0 Å². The fraction of sp³-hybridized carbons (Fsp3) is 0.348. The highest BCUT2D eigenvalue weighted by atomic mass is 16.5. The summed E-state index contributed by atoms with van der Waals surface area (Å²) in [6.07, 6.45) is 5.50. The number of aliphatic imine (C=N–C) groups is 1. The van der Waals surface area contributed by atoms with Gasteiger partial charge in [-0.15, -0.1) is 0 Å². The summed E-state index contributed by atoms with van der Waals surface area (Å²) in [4.78, 5) is 7.08. The Morgan fingerprint density at radius 2 is 1.86 bits per heavy atom. The molecule has 0 radical (unpaired) electrons. The van der Waals surface area contributed by atoms with Crippen molar-refractivity contribution in [3.05, 3.63) is 71.8 Å². The monoisotopic (exact) mass is 376 g/mol. The van der Waals surface area contributed by atoms with Crippen molar-refractivity contribution in [2.24, 2.45) is 4.99 Å². The predicted octanol–water partition coefficient (Wildman–Crippen LogP) is 3.12. The minimum Gasteiger partial charge on any atom is -0.488 e. The molecule has 2 aromatic rings. The molecule has 5 heteroatoms. The van der Waals surface area contributed by atoms with Gasteiger partial charge in [-0.3, -0.25) is 0 Å². The first-order valence-corrected chi connectivity index (χ1v) is 10.1. The summed E-state index contributed by atoms with van der Waals surface area (Å²) in [5.41, 5.74) is 3.75. The highest BCUT2D eigenvalue weighted by Gasteiger charge is 2.22. The van der Waals surface area contributed by atoms with Crippen LogP contribution in [0.4, 0.5) is 5.69 Å². The molecule has 0 spiro atoms. The molecule has 4 rings (SSSR count). The van der Waals surface area contributed by atoms with E-state index in [0.717, 1.165) is 44.3 Å². The average molecular weight is 377 g/mol. The van der Waals surface area contributed by atoms with Crippen molar-refractivity contribution < 1.29 is 4.74 Å². The van der Waals surface area contributed by atoms with E-state index in [0.29, 0.717) is 6.54 Å². The van der Waals surface area contributed by atoms with E-state index in [1.165, 1.54) is 16.8 Å². The van der Waals surface area contributed by atoms with Gasteiger partial charge in [-0.25, -0.2) is 4.99 Å². The van der Waals surface area contributed by atoms with Crippen LogP contribution in [0.25, 0.3) is 0 Å². The lowest BCUT2D eigenvalue weighted by atomic mass is 10.1. The minimum atomic E-state index is 0.148. The van der Waals surface area contributed by atoms with E-state index in [9.17, 15) is 0 Å². The molecule has 146 valence electrons. The Balaban J connectivity index is 1.30. The van der Waals surface area contributed by atoms with E-state index in [4.69, 9.17) is 9.73 Å². The molecule has 0 fully saturated rings. The van der Waals surface area contributed by atoms with Gasteiger partial charge in [-0.05, 0) is 36.2 Å². The van der Waals surface area contributed by atoms with Crippen LogP contribution < -0.4 is 20.3 Å². The summed E-state index contributed by atoms with van der Waals surface area (Å²) >= 11 is 0. The summed E-state index contributed by atoms with van der Waals surface area (Å²) in [6.45, 7) is 6.30. The number of guanidine groups is 1. The number of nitrogens with one attached hydrogen (secondary N) is 2. The van der Waals surface area contributed by atoms with Gasteiger partial charge < -0.3 is 20.3 Å². The van der Waals surface area contributed by atoms with Crippen LogP contribution in [0.3, 0.4) is 0 Å². The van der Waals surface area contributed by atoms with Crippen LogP contribution in [0.1, 0.15) is 18.1 Å². The predicted molar refractivity (Wildman–Crippen MR) is 115 cm³/mol. The molecule has 0 bridgehead atoms. The van der Waals surface area contributed by atoms with E-state index in [2.05, 4.69) is 71.0 Å². The average Bonchev–Trinajstić information content (AvgIpc) is 3.40. The number of hydrogen-bond acceptors (Lipinski definition) is 3. The fourth-order valence-corrected chi connectivity index (χ4v) is 3.59. The quantitative estimate of drug-likeness (QED) is 0.462. The summed E-state index contributed by atoms with van der Waals surface area (Å²) in [5, 5.41) is 6.74. The second-order valence-corrected chi connectivity index (χ2v) is 7.17. The van der Waals surface area contributed by atoms with Crippen LogP contribution in [0, 0.1) is 0 Å². The lowest BCUT2D eigenvalue weighted by molar-refractivity contribution is 0.235. The van der Waals surface area contributed by atoms with Gasteiger partial charge in [0, 0.05) is 31.7 Å². The zero-order valence-corrected chi connectivity index (χ0v) is 16.4. The van der Waals surface area contributed by atoms with Crippen molar-refractivity contribution in [3.63, 3.8) is 0 Å². The summed E-state index contributed by atoms with van der Waals surface area (Å²) in [5.74, 6) is 1.83. The first kappa shape index (κ1) is 18.4. The molecule has 2 heterocycles. The van der Waals surface area contributed by atoms with Crippen molar-refractivity contribution >= 4 is 11.6 Å². The third kappa shape index (κ3) is 4.47. The second kappa shape index (κ2) is 8.83. The van der Waals surface area contributed by atoms with E-state index in [-0.39, 0.29) is 6.10 Å².